The van der Waals surface area contributed by atoms with E-state index in [0.717, 1.165) is 5.56 Å². The number of benzene rings is 1. The molecule has 2 heteroatoms. The maximum Gasteiger partial charge on any atom is 0.136 e. The van der Waals surface area contributed by atoms with Crippen molar-refractivity contribution in [3.05, 3.63) is 34.9 Å². The minimum Gasteiger partial charge on any atom is -0.239 e. The molecule has 0 saturated heterocycles. The summed E-state index contributed by atoms with van der Waals surface area (Å²) in [6, 6.07) is 7.20. The molecule has 1 aromatic carbocycles. The molecule has 102 valence electrons. The van der Waals surface area contributed by atoms with Gasteiger partial charge in [0.1, 0.15) is 5.67 Å². The highest BCUT2D eigenvalue weighted by molar-refractivity contribution is 6.30. The molecule has 0 N–H and O–H groups in total. The molecule has 0 aromatic heterocycles. The molecule has 0 bridgehead atoms. The Labute approximate surface area is 116 Å². The fourth-order valence-electron chi connectivity index (χ4n) is 2.34. The second-order valence-electron chi connectivity index (χ2n) is 5.95. The third kappa shape index (κ3) is 3.26. The normalized spacial score (nSPS) is 26.9. The molecule has 1 aliphatic rings. The van der Waals surface area contributed by atoms with E-state index in [9.17, 15) is 4.39 Å². The highest BCUT2D eigenvalue weighted by Crippen LogP contribution is 2.55. The van der Waals surface area contributed by atoms with Crippen molar-refractivity contribution in [3.63, 3.8) is 0 Å². The fourth-order valence-corrected chi connectivity index (χ4v) is 2.53. The summed E-state index contributed by atoms with van der Waals surface area (Å²) in [5, 5.41) is 0.619. The Morgan fingerprint density at radius 1 is 1.22 bits per heavy atom. The first-order valence-corrected chi connectivity index (χ1v) is 7.14. The zero-order valence-corrected chi connectivity index (χ0v) is 12.8. The molecule has 0 heterocycles. The van der Waals surface area contributed by atoms with Gasteiger partial charge in [0.2, 0.25) is 0 Å². The molecule has 2 rings (SSSR count). The molecular weight excluding hydrogens is 247 g/mol. The predicted octanol–water partition coefficient (Wildman–Crippen LogP) is 5.99. The standard InChI is InChI=1S/C14H18ClF.C2H6/c1-13(2,3)11-8-14(16,9-11)10-5-4-6-12(15)7-10;1-2/h4-7,11H,8-9H2,1-3H3;1-2H3. The minimum absolute atomic E-state index is 0.203. The molecule has 0 spiro atoms. The second-order valence-corrected chi connectivity index (χ2v) is 6.38. The summed E-state index contributed by atoms with van der Waals surface area (Å²) >= 11 is 5.89. The lowest BCUT2D eigenvalue weighted by Gasteiger charge is -2.48. The van der Waals surface area contributed by atoms with E-state index in [2.05, 4.69) is 20.8 Å². The van der Waals surface area contributed by atoms with Crippen LogP contribution in [0.4, 0.5) is 4.39 Å². The Balaban J connectivity index is 0.000000771. The van der Waals surface area contributed by atoms with Crippen LogP contribution < -0.4 is 0 Å². The summed E-state index contributed by atoms with van der Waals surface area (Å²) in [7, 11) is 0. The number of hydrogen-bond acceptors (Lipinski definition) is 0. The SMILES string of the molecule is CC.CC(C)(C)C1CC(F)(c2cccc(Cl)c2)C1. The predicted molar refractivity (Wildman–Crippen MR) is 77.8 cm³/mol. The summed E-state index contributed by atoms with van der Waals surface area (Å²) in [6.45, 7) is 10.5. The van der Waals surface area contributed by atoms with Crippen LogP contribution in [0.5, 0.6) is 0 Å². The van der Waals surface area contributed by atoms with Gasteiger partial charge < -0.3 is 0 Å². The topological polar surface area (TPSA) is 0 Å². The lowest BCUT2D eigenvalue weighted by atomic mass is 9.59. The summed E-state index contributed by atoms with van der Waals surface area (Å²) in [6.07, 6.45) is 1.24. The Hall–Kier alpha value is -0.560. The van der Waals surface area contributed by atoms with Crippen LogP contribution in [0.2, 0.25) is 5.02 Å². The second kappa shape index (κ2) is 5.61. The fraction of sp³-hybridized carbons (Fsp3) is 0.625. The van der Waals surface area contributed by atoms with E-state index in [1.54, 1.807) is 12.1 Å². The van der Waals surface area contributed by atoms with E-state index >= 15 is 0 Å². The van der Waals surface area contributed by atoms with Crippen LogP contribution in [0.25, 0.3) is 0 Å². The molecule has 0 radical (unpaired) electrons. The highest BCUT2D eigenvalue weighted by Gasteiger charge is 2.50. The Morgan fingerprint density at radius 2 is 1.78 bits per heavy atom. The first kappa shape index (κ1) is 15.5. The molecule has 0 atom stereocenters. The van der Waals surface area contributed by atoms with Crippen molar-refractivity contribution < 1.29 is 4.39 Å². The van der Waals surface area contributed by atoms with E-state index in [-0.39, 0.29) is 5.41 Å². The van der Waals surface area contributed by atoms with Gasteiger partial charge in [-0.3, -0.25) is 0 Å². The van der Waals surface area contributed by atoms with Crippen molar-refractivity contribution in [1.82, 2.24) is 0 Å². The summed E-state index contributed by atoms with van der Waals surface area (Å²) in [4.78, 5) is 0. The highest BCUT2D eigenvalue weighted by atomic mass is 35.5. The zero-order valence-electron chi connectivity index (χ0n) is 12.1. The maximum atomic E-state index is 14.5. The van der Waals surface area contributed by atoms with Gasteiger partial charge in [0.25, 0.3) is 0 Å². The van der Waals surface area contributed by atoms with Crippen LogP contribution in [-0.4, -0.2) is 0 Å². The Bertz CT molecular complexity index is 386. The summed E-state index contributed by atoms with van der Waals surface area (Å²) in [5.74, 6) is 0.469. The van der Waals surface area contributed by atoms with Crippen LogP contribution in [0, 0.1) is 11.3 Å². The molecule has 1 aliphatic carbocycles. The van der Waals surface area contributed by atoms with Crippen molar-refractivity contribution in [1.29, 1.82) is 0 Å². The van der Waals surface area contributed by atoms with Gasteiger partial charge in [-0.2, -0.15) is 0 Å². The van der Waals surface area contributed by atoms with E-state index in [4.69, 9.17) is 11.6 Å². The number of alkyl halides is 1. The van der Waals surface area contributed by atoms with E-state index in [0.29, 0.717) is 23.8 Å². The molecular formula is C16H24ClF. The van der Waals surface area contributed by atoms with Crippen molar-refractivity contribution in [2.45, 2.75) is 53.1 Å². The Morgan fingerprint density at radius 3 is 2.22 bits per heavy atom. The monoisotopic (exact) mass is 270 g/mol. The smallest absolute Gasteiger partial charge is 0.136 e. The van der Waals surface area contributed by atoms with Gasteiger partial charge in [-0.1, -0.05) is 58.4 Å². The van der Waals surface area contributed by atoms with Crippen LogP contribution in [-0.2, 0) is 5.67 Å². The van der Waals surface area contributed by atoms with Crippen molar-refractivity contribution >= 4 is 11.6 Å². The van der Waals surface area contributed by atoms with Crippen LogP contribution >= 0.6 is 11.6 Å². The van der Waals surface area contributed by atoms with Crippen molar-refractivity contribution in [2.24, 2.45) is 11.3 Å². The van der Waals surface area contributed by atoms with E-state index in [1.165, 1.54) is 0 Å². The molecule has 18 heavy (non-hydrogen) atoms. The maximum absolute atomic E-state index is 14.5. The largest absolute Gasteiger partial charge is 0.239 e. The van der Waals surface area contributed by atoms with Crippen molar-refractivity contribution in [3.8, 4) is 0 Å². The lowest BCUT2D eigenvalue weighted by Crippen LogP contribution is -2.43. The van der Waals surface area contributed by atoms with Crippen LogP contribution in [0.15, 0.2) is 24.3 Å². The number of hydrogen-bond donors (Lipinski definition) is 0. The quantitative estimate of drug-likeness (QED) is 0.588. The molecule has 0 unspecified atom stereocenters. The first-order valence-electron chi connectivity index (χ1n) is 6.76. The van der Waals surface area contributed by atoms with Gasteiger partial charge in [0.05, 0.1) is 0 Å². The zero-order chi connectivity index (χ0) is 14.0. The molecule has 1 fully saturated rings. The third-order valence-corrected chi connectivity index (χ3v) is 3.94. The van der Waals surface area contributed by atoms with Gasteiger partial charge in [-0.15, -0.1) is 0 Å². The molecule has 1 aromatic rings. The number of rotatable bonds is 1. The Kier molecular flexibility index (Phi) is 4.83. The minimum atomic E-state index is -1.15. The van der Waals surface area contributed by atoms with Crippen molar-refractivity contribution in [2.75, 3.05) is 0 Å². The van der Waals surface area contributed by atoms with Crippen LogP contribution in [0.1, 0.15) is 53.0 Å². The molecule has 0 amide bonds. The van der Waals surface area contributed by atoms with E-state index < -0.39 is 5.67 Å². The molecule has 1 saturated carbocycles. The lowest BCUT2D eigenvalue weighted by molar-refractivity contribution is -0.0476. The van der Waals surface area contributed by atoms with Gasteiger partial charge >= 0.3 is 0 Å². The first-order chi connectivity index (χ1) is 8.31. The van der Waals surface area contributed by atoms with Crippen LogP contribution in [0.3, 0.4) is 0 Å². The average Bonchev–Trinajstić information content (AvgIpc) is 2.26. The summed E-state index contributed by atoms with van der Waals surface area (Å²) in [5.41, 5.74) is -0.211. The van der Waals surface area contributed by atoms with Gasteiger partial charge in [-0.25, -0.2) is 4.39 Å². The average molecular weight is 271 g/mol. The van der Waals surface area contributed by atoms with E-state index in [1.807, 2.05) is 26.0 Å². The third-order valence-electron chi connectivity index (χ3n) is 3.71. The molecule has 0 aliphatic heterocycles. The summed E-state index contributed by atoms with van der Waals surface area (Å²) < 4.78 is 14.5. The van der Waals surface area contributed by atoms with Gasteiger partial charge in [0, 0.05) is 5.02 Å². The van der Waals surface area contributed by atoms with Gasteiger partial charge in [-0.05, 0) is 41.9 Å². The molecule has 0 nitrogen and oxygen atoms in total. The number of halogens is 2. The van der Waals surface area contributed by atoms with Gasteiger partial charge in [0.15, 0.2) is 0 Å².